The Hall–Kier alpha value is -2.04. The van der Waals surface area contributed by atoms with Gasteiger partial charge in [-0.1, -0.05) is 6.07 Å². The third-order valence-electron chi connectivity index (χ3n) is 2.55. The van der Waals surface area contributed by atoms with Crippen LogP contribution in [-0.4, -0.2) is 12.0 Å². The zero-order chi connectivity index (χ0) is 14.3. The highest BCUT2D eigenvalue weighted by molar-refractivity contribution is 5.51. The summed E-state index contributed by atoms with van der Waals surface area (Å²) in [5, 5.41) is 12.3. The largest absolute Gasteiger partial charge is 0.398 e. The predicted octanol–water partition coefficient (Wildman–Crippen LogP) is 2.54. The van der Waals surface area contributed by atoms with Crippen molar-refractivity contribution in [3.8, 4) is 0 Å². The van der Waals surface area contributed by atoms with Crippen molar-refractivity contribution in [3.63, 3.8) is 0 Å². The summed E-state index contributed by atoms with van der Waals surface area (Å²) >= 11 is 0. The number of nitrogens with zero attached hydrogens (tertiary/aromatic N) is 1. The van der Waals surface area contributed by atoms with Crippen molar-refractivity contribution >= 4 is 5.69 Å². The molecule has 0 radical (unpaired) electrons. The molecule has 0 spiro atoms. The van der Waals surface area contributed by atoms with Crippen molar-refractivity contribution in [3.05, 3.63) is 50.8 Å². The molecule has 0 heterocycles. The lowest BCUT2D eigenvalue weighted by Gasteiger charge is -2.04. The standard InChI is InChI=1S/C9H13N.C4H8N2O2/c1-6-4-7(2)8(3)9(10)5-6;1-4(5-2)3-6(7)8/h4-5H,10H2,1-3H3;3,5H,1-2H3/b;4-3-. The van der Waals surface area contributed by atoms with E-state index in [1.807, 2.05) is 13.0 Å². The second-order valence-corrected chi connectivity index (χ2v) is 4.14. The lowest BCUT2D eigenvalue weighted by Crippen LogP contribution is -2.03. The molecule has 5 nitrogen and oxygen atoms in total. The van der Waals surface area contributed by atoms with Crippen molar-refractivity contribution < 1.29 is 4.92 Å². The van der Waals surface area contributed by atoms with Crippen molar-refractivity contribution in [2.45, 2.75) is 27.7 Å². The van der Waals surface area contributed by atoms with Crippen LogP contribution < -0.4 is 11.1 Å². The van der Waals surface area contributed by atoms with E-state index in [0.29, 0.717) is 5.70 Å². The van der Waals surface area contributed by atoms with Crippen LogP contribution in [0.1, 0.15) is 23.6 Å². The predicted molar refractivity (Wildman–Crippen MR) is 74.9 cm³/mol. The Bertz CT molecular complexity index is 431. The van der Waals surface area contributed by atoms with E-state index in [4.69, 9.17) is 5.73 Å². The summed E-state index contributed by atoms with van der Waals surface area (Å²) in [6, 6.07) is 4.15. The molecule has 0 aromatic heterocycles. The Morgan fingerprint density at radius 2 is 1.94 bits per heavy atom. The van der Waals surface area contributed by atoms with E-state index in [0.717, 1.165) is 11.9 Å². The van der Waals surface area contributed by atoms with Gasteiger partial charge in [0.25, 0.3) is 6.20 Å². The quantitative estimate of drug-likeness (QED) is 0.481. The normalized spacial score (nSPS) is 10.4. The van der Waals surface area contributed by atoms with E-state index in [2.05, 4.69) is 25.2 Å². The molecule has 3 N–H and O–H groups in total. The lowest BCUT2D eigenvalue weighted by molar-refractivity contribution is -0.403. The van der Waals surface area contributed by atoms with Crippen LogP contribution in [0.2, 0.25) is 0 Å². The minimum absolute atomic E-state index is 0.494. The molecule has 0 aliphatic rings. The Labute approximate surface area is 108 Å². The molecular weight excluding hydrogens is 230 g/mol. The molecule has 0 bridgehead atoms. The number of nitrogen functional groups attached to an aromatic ring is 1. The molecule has 1 aromatic rings. The average molecular weight is 251 g/mol. The van der Waals surface area contributed by atoms with Gasteiger partial charge in [-0.25, -0.2) is 0 Å². The molecular formula is C13H21N3O2. The molecule has 0 amide bonds. The summed E-state index contributed by atoms with van der Waals surface area (Å²) in [4.78, 5) is 9.16. The fourth-order valence-corrected chi connectivity index (χ4v) is 1.30. The molecule has 0 saturated carbocycles. The molecule has 100 valence electrons. The number of nitrogens with one attached hydrogen (secondary N) is 1. The molecule has 0 unspecified atom stereocenters. The first-order chi connectivity index (χ1) is 8.27. The third-order valence-corrected chi connectivity index (χ3v) is 2.55. The molecule has 1 rings (SSSR count). The number of allylic oxidation sites excluding steroid dienone is 1. The van der Waals surface area contributed by atoms with Gasteiger partial charge in [0.1, 0.15) is 0 Å². The van der Waals surface area contributed by atoms with E-state index in [1.54, 1.807) is 14.0 Å². The molecule has 0 saturated heterocycles. The van der Waals surface area contributed by atoms with Crippen LogP contribution in [0.4, 0.5) is 5.69 Å². The zero-order valence-corrected chi connectivity index (χ0v) is 11.6. The highest BCUT2D eigenvalue weighted by Gasteiger charge is 1.96. The molecule has 0 atom stereocenters. The lowest BCUT2D eigenvalue weighted by atomic mass is 10.1. The summed E-state index contributed by atoms with van der Waals surface area (Å²) in [5.74, 6) is 0. The monoisotopic (exact) mass is 251 g/mol. The van der Waals surface area contributed by atoms with Gasteiger partial charge in [-0.15, -0.1) is 0 Å². The van der Waals surface area contributed by atoms with Crippen LogP contribution in [-0.2, 0) is 0 Å². The number of nitro groups is 1. The van der Waals surface area contributed by atoms with Gasteiger partial charge in [0, 0.05) is 12.7 Å². The first-order valence-corrected chi connectivity index (χ1v) is 5.61. The van der Waals surface area contributed by atoms with Crippen molar-refractivity contribution in [2.75, 3.05) is 12.8 Å². The van der Waals surface area contributed by atoms with Crippen molar-refractivity contribution in [1.29, 1.82) is 0 Å². The summed E-state index contributed by atoms with van der Waals surface area (Å²) in [6.45, 7) is 7.81. The number of anilines is 1. The van der Waals surface area contributed by atoms with E-state index < -0.39 is 4.92 Å². The van der Waals surface area contributed by atoms with Gasteiger partial charge in [0.05, 0.1) is 10.6 Å². The van der Waals surface area contributed by atoms with Gasteiger partial charge in [-0.3, -0.25) is 10.1 Å². The number of benzene rings is 1. The van der Waals surface area contributed by atoms with Crippen molar-refractivity contribution in [1.82, 2.24) is 5.32 Å². The second-order valence-electron chi connectivity index (χ2n) is 4.14. The van der Waals surface area contributed by atoms with E-state index in [9.17, 15) is 10.1 Å². The first-order valence-electron chi connectivity index (χ1n) is 5.61. The van der Waals surface area contributed by atoms with Gasteiger partial charge in [-0.2, -0.15) is 0 Å². The summed E-state index contributed by atoms with van der Waals surface area (Å²) in [6.07, 6.45) is 0.917. The Kier molecular flexibility index (Phi) is 6.49. The number of hydrogen-bond donors (Lipinski definition) is 2. The Morgan fingerprint density at radius 3 is 2.28 bits per heavy atom. The number of hydrogen-bond acceptors (Lipinski definition) is 4. The Balaban J connectivity index is 0.000000331. The maximum Gasteiger partial charge on any atom is 0.252 e. The maximum atomic E-state index is 9.66. The highest BCUT2D eigenvalue weighted by atomic mass is 16.6. The van der Waals surface area contributed by atoms with Gasteiger partial charge < -0.3 is 11.1 Å². The van der Waals surface area contributed by atoms with Gasteiger partial charge in [0.2, 0.25) is 0 Å². The van der Waals surface area contributed by atoms with Crippen LogP contribution >= 0.6 is 0 Å². The van der Waals surface area contributed by atoms with Gasteiger partial charge >= 0.3 is 0 Å². The minimum Gasteiger partial charge on any atom is -0.398 e. The van der Waals surface area contributed by atoms with Gasteiger partial charge in [0.15, 0.2) is 0 Å². The van der Waals surface area contributed by atoms with E-state index in [-0.39, 0.29) is 0 Å². The molecule has 18 heavy (non-hydrogen) atoms. The Morgan fingerprint density at radius 1 is 1.39 bits per heavy atom. The fraction of sp³-hybridized carbons (Fsp3) is 0.385. The van der Waals surface area contributed by atoms with Crippen LogP contribution in [0, 0.1) is 30.9 Å². The minimum atomic E-state index is -0.494. The summed E-state index contributed by atoms with van der Waals surface area (Å²) in [7, 11) is 1.63. The number of aryl methyl sites for hydroxylation is 2. The van der Waals surface area contributed by atoms with Gasteiger partial charge in [-0.05, 0) is 50.5 Å². The molecule has 5 heteroatoms. The fourth-order valence-electron chi connectivity index (χ4n) is 1.30. The molecule has 1 aromatic carbocycles. The third kappa shape index (κ3) is 5.89. The second kappa shape index (κ2) is 7.32. The summed E-state index contributed by atoms with van der Waals surface area (Å²) < 4.78 is 0. The summed E-state index contributed by atoms with van der Waals surface area (Å²) in [5.41, 5.74) is 10.9. The maximum absolute atomic E-state index is 9.66. The molecule has 0 aliphatic carbocycles. The van der Waals surface area contributed by atoms with Crippen LogP contribution in [0.3, 0.4) is 0 Å². The SMILES string of the molecule is CN/C(C)=C\[N+](=O)[O-].Cc1cc(C)c(C)c(N)c1. The molecule has 0 aliphatic heterocycles. The highest BCUT2D eigenvalue weighted by Crippen LogP contribution is 2.16. The zero-order valence-electron chi connectivity index (χ0n) is 11.6. The van der Waals surface area contributed by atoms with Crippen molar-refractivity contribution in [2.24, 2.45) is 0 Å². The first kappa shape index (κ1) is 16.0. The smallest absolute Gasteiger partial charge is 0.252 e. The van der Waals surface area contributed by atoms with Crippen LogP contribution in [0.5, 0.6) is 0 Å². The van der Waals surface area contributed by atoms with Crippen LogP contribution in [0.15, 0.2) is 24.0 Å². The van der Waals surface area contributed by atoms with E-state index in [1.165, 1.54) is 16.7 Å². The number of rotatable bonds is 2. The topological polar surface area (TPSA) is 81.2 Å². The average Bonchev–Trinajstić information content (AvgIpc) is 2.25. The number of nitrogens with two attached hydrogens (primary N) is 1. The van der Waals surface area contributed by atoms with Crippen LogP contribution in [0.25, 0.3) is 0 Å². The molecule has 0 fully saturated rings. The van der Waals surface area contributed by atoms with E-state index >= 15 is 0 Å².